The Bertz CT molecular complexity index is 564. The van der Waals surface area contributed by atoms with Crippen LogP contribution in [0.2, 0.25) is 5.02 Å². The molecule has 0 heterocycles. The van der Waals surface area contributed by atoms with Gasteiger partial charge in [0.25, 0.3) is 0 Å². The summed E-state index contributed by atoms with van der Waals surface area (Å²) in [6.45, 7) is 2.73. The zero-order valence-electron chi connectivity index (χ0n) is 12.5. The van der Waals surface area contributed by atoms with Crippen LogP contribution in [-0.4, -0.2) is 20.3 Å². The van der Waals surface area contributed by atoms with Gasteiger partial charge >= 0.3 is 0 Å². The summed E-state index contributed by atoms with van der Waals surface area (Å²) in [4.78, 5) is 0. The summed E-state index contributed by atoms with van der Waals surface area (Å²) >= 11 is 6.14. The van der Waals surface area contributed by atoms with E-state index >= 15 is 0 Å². The van der Waals surface area contributed by atoms with Crippen LogP contribution in [0.3, 0.4) is 0 Å². The predicted molar refractivity (Wildman–Crippen MR) is 93.1 cm³/mol. The van der Waals surface area contributed by atoms with Crippen molar-refractivity contribution in [3.05, 3.63) is 64.7 Å². The minimum Gasteiger partial charge on any atom is -0.489 e. The van der Waals surface area contributed by atoms with Crippen LogP contribution in [-0.2, 0) is 17.9 Å². The number of hydrogen-bond donors (Lipinski definition) is 1. The van der Waals surface area contributed by atoms with E-state index in [1.165, 1.54) is 0 Å². The van der Waals surface area contributed by atoms with E-state index in [0.717, 1.165) is 35.0 Å². The van der Waals surface area contributed by atoms with E-state index in [1.54, 1.807) is 7.11 Å². The summed E-state index contributed by atoms with van der Waals surface area (Å²) in [5.41, 5.74) is 2.11. The van der Waals surface area contributed by atoms with Gasteiger partial charge in [0, 0.05) is 36.3 Å². The van der Waals surface area contributed by atoms with Crippen LogP contribution < -0.4 is 10.1 Å². The second-order valence-electron chi connectivity index (χ2n) is 4.66. The molecule has 120 valence electrons. The van der Waals surface area contributed by atoms with Crippen molar-refractivity contribution in [3.8, 4) is 5.75 Å². The number of hydrogen-bond acceptors (Lipinski definition) is 3. The van der Waals surface area contributed by atoms with Gasteiger partial charge in [0.15, 0.2) is 0 Å². The molecule has 5 heteroatoms. The Morgan fingerprint density at radius 2 is 1.68 bits per heavy atom. The molecule has 2 rings (SSSR count). The fraction of sp³-hybridized carbons (Fsp3) is 0.294. The maximum Gasteiger partial charge on any atom is 0.124 e. The van der Waals surface area contributed by atoms with Crippen LogP contribution in [0, 0.1) is 0 Å². The molecule has 22 heavy (non-hydrogen) atoms. The van der Waals surface area contributed by atoms with E-state index < -0.39 is 0 Å². The highest BCUT2D eigenvalue weighted by Crippen LogP contribution is 2.21. The van der Waals surface area contributed by atoms with Crippen molar-refractivity contribution in [1.29, 1.82) is 0 Å². The molecular weight excluding hydrogens is 321 g/mol. The molecule has 0 bridgehead atoms. The zero-order valence-corrected chi connectivity index (χ0v) is 14.1. The number of methoxy groups -OCH3 is 1. The quantitative estimate of drug-likeness (QED) is 0.734. The summed E-state index contributed by atoms with van der Waals surface area (Å²) in [6.07, 6.45) is 0. The third-order valence-electron chi connectivity index (χ3n) is 3.11. The number of benzene rings is 2. The van der Waals surface area contributed by atoms with Crippen LogP contribution in [0.4, 0.5) is 0 Å². The average Bonchev–Trinajstić information content (AvgIpc) is 2.52. The second kappa shape index (κ2) is 10.5. The van der Waals surface area contributed by atoms with Gasteiger partial charge in [-0.2, -0.15) is 0 Å². The molecule has 0 amide bonds. The highest BCUT2D eigenvalue weighted by molar-refractivity contribution is 6.31. The van der Waals surface area contributed by atoms with E-state index in [1.807, 2.05) is 42.5 Å². The van der Waals surface area contributed by atoms with Crippen LogP contribution >= 0.6 is 24.0 Å². The van der Waals surface area contributed by atoms with Crippen LogP contribution in [0.15, 0.2) is 48.5 Å². The molecule has 1 N–H and O–H groups in total. The van der Waals surface area contributed by atoms with E-state index in [-0.39, 0.29) is 12.4 Å². The predicted octanol–water partition coefficient (Wildman–Crippen LogP) is 4.08. The molecule has 0 atom stereocenters. The van der Waals surface area contributed by atoms with Crippen molar-refractivity contribution < 1.29 is 9.47 Å². The lowest BCUT2D eigenvalue weighted by molar-refractivity contribution is 0.199. The van der Waals surface area contributed by atoms with E-state index in [9.17, 15) is 0 Å². The lowest BCUT2D eigenvalue weighted by atomic mass is 10.2. The van der Waals surface area contributed by atoms with Crippen molar-refractivity contribution in [2.24, 2.45) is 0 Å². The van der Waals surface area contributed by atoms with E-state index in [2.05, 4.69) is 11.4 Å². The van der Waals surface area contributed by atoms with Gasteiger partial charge in [0.2, 0.25) is 0 Å². The molecule has 0 aliphatic carbocycles. The van der Waals surface area contributed by atoms with Gasteiger partial charge in [-0.1, -0.05) is 48.0 Å². The van der Waals surface area contributed by atoms with Crippen molar-refractivity contribution in [2.75, 3.05) is 20.3 Å². The third kappa shape index (κ3) is 5.85. The monoisotopic (exact) mass is 341 g/mol. The number of para-hydroxylation sites is 1. The van der Waals surface area contributed by atoms with Gasteiger partial charge < -0.3 is 14.8 Å². The summed E-state index contributed by atoms with van der Waals surface area (Å²) in [5.74, 6) is 0.877. The van der Waals surface area contributed by atoms with Gasteiger partial charge in [-0.25, -0.2) is 0 Å². The first-order valence-electron chi connectivity index (χ1n) is 6.95. The lowest BCUT2D eigenvalue weighted by Gasteiger charge is -2.13. The van der Waals surface area contributed by atoms with E-state index in [0.29, 0.717) is 13.2 Å². The summed E-state index contributed by atoms with van der Waals surface area (Å²) in [6, 6.07) is 15.7. The Morgan fingerprint density at radius 3 is 2.41 bits per heavy atom. The highest BCUT2D eigenvalue weighted by atomic mass is 35.5. The molecule has 0 radical (unpaired) electrons. The average molecular weight is 342 g/mol. The largest absolute Gasteiger partial charge is 0.489 e. The van der Waals surface area contributed by atoms with E-state index in [4.69, 9.17) is 21.1 Å². The first-order valence-corrected chi connectivity index (χ1v) is 7.33. The lowest BCUT2D eigenvalue weighted by Crippen LogP contribution is -2.19. The fourth-order valence-corrected chi connectivity index (χ4v) is 2.15. The Labute approximate surface area is 143 Å². The molecule has 2 aromatic rings. The topological polar surface area (TPSA) is 30.5 Å². The number of ether oxygens (including phenoxy) is 2. The van der Waals surface area contributed by atoms with Gasteiger partial charge in [-0.05, 0) is 12.1 Å². The number of halogens is 2. The van der Waals surface area contributed by atoms with Crippen molar-refractivity contribution >= 4 is 24.0 Å². The van der Waals surface area contributed by atoms with Gasteiger partial charge in [0.05, 0.1) is 6.61 Å². The molecule has 0 saturated carbocycles. The Morgan fingerprint density at radius 1 is 1.00 bits per heavy atom. The number of nitrogens with one attached hydrogen (secondary N) is 1. The van der Waals surface area contributed by atoms with Crippen molar-refractivity contribution in [2.45, 2.75) is 13.2 Å². The third-order valence-corrected chi connectivity index (χ3v) is 3.48. The SMILES string of the molecule is COCCNCc1ccccc1OCc1ccccc1Cl.Cl. The normalized spacial score (nSPS) is 10.1. The minimum absolute atomic E-state index is 0. The zero-order chi connectivity index (χ0) is 14.9. The summed E-state index contributed by atoms with van der Waals surface area (Å²) in [7, 11) is 1.70. The molecule has 0 fully saturated rings. The summed E-state index contributed by atoms with van der Waals surface area (Å²) < 4.78 is 10.9. The molecule has 0 unspecified atom stereocenters. The smallest absolute Gasteiger partial charge is 0.124 e. The van der Waals surface area contributed by atoms with Crippen LogP contribution in [0.1, 0.15) is 11.1 Å². The minimum atomic E-state index is 0. The maximum atomic E-state index is 6.14. The Balaban J connectivity index is 0.00000242. The molecule has 0 aliphatic heterocycles. The second-order valence-corrected chi connectivity index (χ2v) is 5.06. The maximum absolute atomic E-state index is 6.14. The molecular formula is C17H21Cl2NO2. The fourth-order valence-electron chi connectivity index (χ4n) is 1.96. The highest BCUT2D eigenvalue weighted by Gasteiger charge is 2.05. The summed E-state index contributed by atoms with van der Waals surface area (Å²) in [5, 5.41) is 4.05. The standard InChI is InChI=1S/C17H20ClNO2.ClH/c1-20-11-10-19-12-14-6-3-5-9-17(14)21-13-15-7-2-4-8-16(15)18;/h2-9,19H,10-13H2,1H3;1H. The molecule has 3 nitrogen and oxygen atoms in total. The first kappa shape index (κ1) is 18.8. The van der Waals surface area contributed by atoms with Crippen molar-refractivity contribution in [3.63, 3.8) is 0 Å². The molecule has 2 aromatic carbocycles. The van der Waals surface area contributed by atoms with Gasteiger partial charge in [0.1, 0.15) is 12.4 Å². The molecule has 0 aromatic heterocycles. The van der Waals surface area contributed by atoms with Gasteiger partial charge in [-0.3, -0.25) is 0 Å². The van der Waals surface area contributed by atoms with Crippen molar-refractivity contribution in [1.82, 2.24) is 5.32 Å². The molecule has 0 saturated heterocycles. The Kier molecular flexibility index (Phi) is 8.94. The van der Waals surface area contributed by atoms with Crippen LogP contribution in [0.25, 0.3) is 0 Å². The molecule has 0 spiro atoms. The molecule has 0 aliphatic rings. The van der Waals surface area contributed by atoms with Gasteiger partial charge in [-0.15, -0.1) is 12.4 Å². The first-order chi connectivity index (χ1) is 10.3. The Hall–Kier alpha value is -1.26. The van der Waals surface area contributed by atoms with Crippen LogP contribution in [0.5, 0.6) is 5.75 Å². The number of rotatable bonds is 8.